The van der Waals surface area contributed by atoms with E-state index >= 15 is 0 Å². The fraction of sp³-hybridized carbons (Fsp3) is 0.824. The van der Waals surface area contributed by atoms with Crippen molar-refractivity contribution in [2.45, 2.75) is 79.4 Å². The van der Waals surface area contributed by atoms with Crippen molar-refractivity contribution >= 4 is 5.78 Å². The molecular formula is C17H31N3O2. The number of hydrogen-bond donors (Lipinski definition) is 0. The number of carbonyl (C=O) groups is 1. The quantitative estimate of drug-likeness (QED) is 0.690. The Morgan fingerprint density at radius 2 is 1.86 bits per heavy atom. The summed E-state index contributed by atoms with van der Waals surface area (Å²) in [6.45, 7) is 13.5. The van der Waals surface area contributed by atoms with Crippen LogP contribution in [0.4, 0.5) is 0 Å². The van der Waals surface area contributed by atoms with Crippen molar-refractivity contribution in [3.63, 3.8) is 0 Å². The highest BCUT2D eigenvalue weighted by Gasteiger charge is 2.20. The summed E-state index contributed by atoms with van der Waals surface area (Å²) in [6, 6.07) is 0. The first-order chi connectivity index (χ1) is 10.1. The van der Waals surface area contributed by atoms with E-state index in [0.29, 0.717) is 18.8 Å². The van der Waals surface area contributed by atoms with Crippen LogP contribution >= 0.6 is 0 Å². The molecule has 0 amide bonds. The summed E-state index contributed by atoms with van der Waals surface area (Å²) in [6.07, 6.45) is 5.24. The van der Waals surface area contributed by atoms with Crippen molar-refractivity contribution in [3.8, 4) is 0 Å². The zero-order valence-electron chi connectivity index (χ0n) is 15.0. The lowest BCUT2D eigenvalue weighted by Crippen LogP contribution is -2.20. The first kappa shape index (κ1) is 18.8. The van der Waals surface area contributed by atoms with E-state index in [1.54, 1.807) is 0 Å². The number of ether oxygens (including phenoxy) is 1. The minimum absolute atomic E-state index is 0.115. The maximum Gasteiger partial charge on any atom is 0.138 e. The standard InChI is InChI=1S/C17H31N3O2/c1-16(2,3)15(21)9-7-8-11-20-13-14(18-19-20)10-12-22-17(4,5)6/h13H,7-12H2,1-6H3. The molecule has 0 aliphatic carbocycles. The van der Waals surface area contributed by atoms with Crippen molar-refractivity contribution in [1.29, 1.82) is 0 Å². The van der Waals surface area contributed by atoms with E-state index in [2.05, 4.69) is 10.3 Å². The largest absolute Gasteiger partial charge is 0.375 e. The SMILES string of the molecule is CC(C)(C)OCCc1cn(CCCCC(=O)C(C)(C)C)nn1. The molecule has 0 fully saturated rings. The van der Waals surface area contributed by atoms with Crippen molar-refractivity contribution in [2.75, 3.05) is 6.61 Å². The minimum Gasteiger partial charge on any atom is -0.375 e. The molecule has 0 aliphatic rings. The molecule has 0 spiro atoms. The molecule has 0 aromatic carbocycles. The van der Waals surface area contributed by atoms with Crippen LogP contribution in [0.15, 0.2) is 6.20 Å². The molecule has 1 aromatic heterocycles. The van der Waals surface area contributed by atoms with Gasteiger partial charge in [0.05, 0.1) is 17.9 Å². The predicted octanol–water partition coefficient (Wildman–Crippen LogP) is 3.42. The van der Waals surface area contributed by atoms with Crippen LogP contribution in [-0.2, 0) is 22.5 Å². The zero-order valence-corrected chi connectivity index (χ0v) is 15.0. The lowest BCUT2D eigenvalue weighted by molar-refractivity contribution is -0.126. The second-order valence-corrected chi connectivity index (χ2v) is 7.81. The van der Waals surface area contributed by atoms with Crippen molar-refractivity contribution in [1.82, 2.24) is 15.0 Å². The van der Waals surface area contributed by atoms with Crippen molar-refractivity contribution in [2.24, 2.45) is 5.41 Å². The van der Waals surface area contributed by atoms with E-state index in [0.717, 1.165) is 31.5 Å². The highest BCUT2D eigenvalue weighted by Crippen LogP contribution is 2.18. The normalized spacial score (nSPS) is 12.6. The lowest BCUT2D eigenvalue weighted by Gasteiger charge is -2.18. The van der Waals surface area contributed by atoms with E-state index in [1.807, 2.05) is 52.4 Å². The fourth-order valence-electron chi connectivity index (χ4n) is 1.96. The van der Waals surface area contributed by atoms with Gasteiger partial charge in [0.15, 0.2) is 0 Å². The Bertz CT molecular complexity index is 467. The average molecular weight is 309 g/mol. The third-order valence-electron chi connectivity index (χ3n) is 3.36. The molecule has 1 aromatic rings. The first-order valence-electron chi connectivity index (χ1n) is 8.14. The smallest absolute Gasteiger partial charge is 0.138 e. The number of aromatic nitrogens is 3. The third-order valence-corrected chi connectivity index (χ3v) is 3.36. The molecule has 0 N–H and O–H groups in total. The molecule has 0 atom stereocenters. The summed E-state index contributed by atoms with van der Waals surface area (Å²) in [5.74, 6) is 0.325. The summed E-state index contributed by atoms with van der Waals surface area (Å²) in [4.78, 5) is 11.8. The van der Waals surface area contributed by atoms with Gasteiger partial charge in [-0.05, 0) is 33.6 Å². The number of rotatable bonds is 8. The maximum absolute atomic E-state index is 11.8. The molecule has 1 rings (SSSR count). The van der Waals surface area contributed by atoms with Crippen LogP contribution in [0.1, 0.15) is 66.5 Å². The summed E-state index contributed by atoms with van der Waals surface area (Å²) in [5.41, 5.74) is 0.610. The van der Waals surface area contributed by atoms with Gasteiger partial charge < -0.3 is 4.74 Å². The molecular weight excluding hydrogens is 278 g/mol. The van der Waals surface area contributed by atoms with Crippen molar-refractivity contribution in [3.05, 3.63) is 11.9 Å². The van der Waals surface area contributed by atoms with Gasteiger partial charge in [0.1, 0.15) is 5.78 Å². The number of Topliss-reactive ketones (excluding diaryl/α,β-unsaturated/α-hetero) is 1. The van der Waals surface area contributed by atoms with Gasteiger partial charge in [0.2, 0.25) is 0 Å². The Hall–Kier alpha value is -1.23. The van der Waals surface area contributed by atoms with E-state index in [4.69, 9.17) is 4.74 Å². The number of ketones is 1. The second kappa shape index (κ2) is 7.86. The highest BCUT2D eigenvalue weighted by molar-refractivity contribution is 5.83. The van der Waals surface area contributed by atoms with Crippen LogP contribution in [0.2, 0.25) is 0 Å². The third kappa shape index (κ3) is 7.69. The zero-order chi connectivity index (χ0) is 16.8. The second-order valence-electron chi connectivity index (χ2n) is 7.81. The van der Waals surface area contributed by atoms with Gasteiger partial charge in [0, 0.05) is 31.0 Å². The summed E-state index contributed by atoms with van der Waals surface area (Å²) >= 11 is 0. The molecule has 0 saturated carbocycles. The van der Waals surface area contributed by atoms with Crippen LogP contribution in [-0.4, -0.2) is 33.0 Å². The number of nitrogens with zero attached hydrogens (tertiary/aromatic N) is 3. The Morgan fingerprint density at radius 3 is 2.45 bits per heavy atom. The van der Waals surface area contributed by atoms with Crippen LogP contribution in [0.5, 0.6) is 0 Å². The van der Waals surface area contributed by atoms with E-state index < -0.39 is 0 Å². The van der Waals surface area contributed by atoms with E-state index in [9.17, 15) is 4.79 Å². The molecule has 126 valence electrons. The first-order valence-corrected chi connectivity index (χ1v) is 8.14. The molecule has 0 aliphatic heterocycles. The molecule has 0 radical (unpaired) electrons. The summed E-state index contributed by atoms with van der Waals surface area (Å²) < 4.78 is 7.54. The van der Waals surface area contributed by atoms with Gasteiger partial charge in [-0.25, -0.2) is 0 Å². The predicted molar refractivity (Wildman–Crippen MR) is 87.7 cm³/mol. The Kier molecular flexibility index (Phi) is 6.72. The van der Waals surface area contributed by atoms with Crippen LogP contribution < -0.4 is 0 Å². The number of aryl methyl sites for hydroxylation is 1. The lowest BCUT2D eigenvalue weighted by atomic mass is 9.88. The topological polar surface area (TPSA) is 57.0 Å². The molecule has 22 heavy (non-hydrogen) atoms. The fourth-order valence-corrected chi connectivity index (χ4v) is 1.96. The van der Waals surface area contributed by atoms with E-state index in [-0.39, 0.29) is 11.0 Å². The molecule has 5 nitrogen and oxygen atoms in total. The monoisotopic (exact) mass is 309 g/mol. The summed E-state index contributed by atoms with van der Waals surface area (Å²) in [7, 11) is 0. The van der Waals surface area contributed by atoms with Gasteiger partial charge in [-0.15, -0.1) is 5.10 Å². The van der Waals surface area contributed by atoms with Crippen molar-refractivity contribution < 1.29 is 9.53 Å². The van der Waals surface area contributed by atoms with Crippen LogP contribution in [0, 0.1) is 5.41 Å². The van der Waals surface area contributed by atoms with Gasteiger partial charge in [-0.3, -0.25) is 9.48 Å². The summed E-state index contributed by atoms with van der Waals surface area (Å²) in [5, 5.41) is 8.28. The molecule has 0 saturated heterocycles. The van der Waals surface area contributed by atoms with Gasteiger partial charge >= 0.3 is 0 Å². The van der Waals surface area contributed by atoms with Gasteiger partial charge in [-0.1, -0.05) is 26.0 Å². The van der Waals surface area contributed by atoms with Crippen LogP contribution in [0.25, 0.3) is 0 Å². The Morgan fingerprint density at radius 1 is 1.18 bits per heavy atom. The molecule has 0 bridgehead atoms. The minimum atomic E-state index is -0.229. The molecule has 1 heterocycles. The average Bonchev–Trinajstić information content (AvgIpc) is 2.79. The maximum atomic E-state index is 11.8. The van der Waals surface area contributed by atoms with Gasteiger partial charge in [-0.2, -0.15) is 0 Å². The number of hydrogen-bond acceptors (Lipinski definition) is 4. The van der Waals surface area contributed by atoms with Gasteiger partial charge in [0.25, 0.3) is 0 Å². The Balaban J connectivity index is 2.24. The van der Waals surface area contributed by atoms with Crippen LogP contribution in [0.3, 0.4) is 0 Å². The number of carbonyl (C=O) groups excluding carboxylic acids is 1. The Labute approximate surface area is 134 Å². The van der Waals surface area contributed by atoms with E-state index in [1.165, 1.54) is 0 Å². The molecule has 5 heteroatoms. The number of unbranched alkanes of at least 4 members (excludes halogenated alkanes) is 1. The highest BCUT2D eigenvalue weighted by atomic mass is 16.5. The molecule has 0 unspecified atom stereocenters.